The van der Waals surface area contributed by atoms with Gasteiger partial charge in [0.1, 0.15) is 0 Å². The van der Waals surface area contributed by atoms with E-state index in [1.807, 2.05) is 12.1 Å². The minimum Gasteiger partial charge on any atom is -0.360 e. The molecule has 0 saturated heterocycles. The van der Waals surface area contributed by atoms with Gasteiger partial charge in [0, 0.05) is 23.1 Å². The van der Waals surface area contributed by atoms with E-state index < -0.39 is 0 Å². The lowest BCUT2D eigenvalue weighted by molar-refractivity contribution is 0.0954. The molecule has 0 radical (unpaired) electrons. The fourth-order valence-electron chi connectivity index (χ4n) is 1.19. The average Bonchev–Trinajstić information content (AvgIpc) is 2.82. The summed E-state index contributed by atoms with van der Waals surface area (Å²) >= 11 is 3.24. The second kappa shape index (κ2) is 5.40. The molecule has 0 aliphatic heterocycles. The summed E-state index contributed by atoms with van der Waals surface area (Å²) in [5.74, 6) is -0.304. The van der Waals surface area contributed by atoms with Crippen molar-refractivity contribution in [3.63, 3.8) is 0 Å². The fourth-order valence-corrected chi connectivity index (χ4v) is 1.55. The lowest BCUT2D eigenvalue weighted by Crippen LogP contribution is -2.17. The van der Waals surface area contributed by atoms with E-state index >= 15 is 0 Å². The predicted molar refractivity (Wildman–Crippen MR) is 67.8 cm³/mol. The second-order valence-corrected chi connectivity index (χ2v) is 4.13. The molecule has 0 unspecified atom stereocenters. The number of rotatable bonds is 3. The maximum Gasteiger partial charge on any atom is 0.272 e. The van der Waals surface area contributed by atoms with Crippen LogP contribution in [-0.2, 0) is 0 Å². The van der Waals surface area contributed by atoms with Gasteiger partial charge in [-0.05, 0) is 34.1 Å². The number of amides is 1. The van der Waals surface area contributed by atoms with Crippen molar-refractivity contribution in [1.82, 2.24) is 15.4 Å². The summed E-state index contributed by atoms with van der Waals surface area (Å²) in [6.07, 6.45) is 6.40. The number of pyridine rings is 1. The van der Waals surface area contributed by atoms with Crippen molar-refractivity contribution in [1.29, 1.82) is 0 Å². The van der Waals surface area contributed by atoms with Crippen LogP contribution in [0.1, 0.15) is 16.1 Å². The van der Waals surface area contributed by atoms with Gasteiger partial charge in [0.15, 0.2) is 0 Å². The summed E-state index contributed by atoms with van der Waals surface area (Å²) in [5.41, 5.74) is 3.68. The Balaban J connectivity index is 1.98. The molecule has 0 atom stereocenters. The molecule has 2 heterocycles. The van der Waals surface area contributed by atoms with E-state index in [0.717, 1.165) is 10.2 Å². The number of carbonyl (C=O) groups is 1. The molecule has 2 aromatic heterocycles. The van der Waals surface area contributed by atoms with Crippen molar-refractivity contribution in [3.05, 3.63) is 52.5 Å². The molecular weight excluding hydrogens is 284 g/mol. The van der Waals surface area contributed by atoms with Crippen LogP contribution < -0.4 is 5.43 Å². The molecule has 86 valence electrons. The van der Waals surface area contributed by atoms with Crippen LogP contribution in [-0.4, -0.2) is 22.1 Å². The molecular formula is C11H9BrN4O. The largest absolute Gasteiger partial charge is 0.360 e. The number of nitrogens with zero attached hydrogens (tertiary/aromatic N) is 2. The molecule has 0 aliphatic rings. The SMILES string of the molecule is O=C(N/N=C\c1ccc[nH]1)c1cncc(Br)c1. The zero-order chi connectivity index (χ0) is 12.1. The Bertz CT molecular complexity index is 536. The summed E-state index contributed by atoms with van der Waals surface area (Å²) in [5, 5.41) is 3.82. The Kier molecular flexibility index (Phi) is 3.66. The zero-order valence-corrected chi connectivity index (χ0v) is 10.3. The van der Waals surface area contributed by atoms with Gasteiger partial charge in [-0.1, -0.05) is 0 Å². The smallest absolute Gasteiger partial charge is 0.272 e. The third-order valence-electron chi connectivity index (χ3n) is 1.96. The van der Waals surface area contributed by atoms with Gasteiger partial charge in [-0.3, -0.25) is 9.78 Å². The van der Waals surface area contributed by atoms with Crippen molar-refractivity contribution < 1.29 is 4.79 Å². The van der Waals surface area contributed by atoms with Crippen LogP contribution in [0.5, 0.6) is 0 Å². The van der Waals surface area contributed by atoms with Crippen LogP contribution in [0, 0.1) is 0 Å². The van der Waals surface area contributed by atoms with E-state index in [-0.39, 0.29) is 5.91 Å². The van der Waals surface area contributed by atoms with E-state index in [0.29, 0.717) is 5.56 Å². The first-order chi connectivity index (χ1) is 8.25. The molecule has 0 spiro atoms. The number of hydrogen-bond donors (Lipinski definition) is 2. The molecule has 0 aromatic carbocycles. The highest BCUT2D eigenvalue weighted by Gasteiger charge is 2.04. The third-order valence-corrected chi connectivity index (χ3v) is 2.39. The summed E-state index contributed by atoms with van der Waals surface area (Å²) in [6, 6.07) is 5.37. The van der Waals surface area contributed by atoms with Gasteiger partial charge in [0.25, 0.3) is 5.91 Å². The Morgan fingerprint density at radius 1 is 1.53 bits per heavy atom. The second-order valence-electron chi connectivity index (χ2n) is 3.22. The number of hydrogen-bond acceptors (Lipinski definition) is 3. The summed E-state index contributed by atoms with van der Waals surface area (Å²) in [6.45, 7) is 0. The van der Waals surface area contributed by atoms with E-state index in [4.69, 9.17) is 0 Å². The Labute approximate surface area is 106 Å². The van der Waals surface area contributed by atoms with Crippen molar-refractivity contribution >= 4 is 28.1 Å². The summed E-state index contributed by atoms with van der Waals surface area (Å²) in [7, 11) is 0. The van der Waals surface area contributed by atoms with Crippen LogP contribution in [0.25, 0.3) is 0 Å². The minimum absolute atomic E-state index is 0.304. The molecule has 6 heteroatoms. The Morgan fingerprint density at radius 3 is 3.12 bits per heavy atom. The highest BCUT2D eigenvalue weighted by atomic mass is 79.9. The maximum atomic E-state index is 11.6. The van der Waals surface area contributed by atoms with E-state index in [2.05, 4.69) is 36.4 Å². The summed E-state index contributed by atoms with van der Waals surface area (Å²) < 4.78 is 0.749. The van der Waals surface area contributed by atoms with E-state index in [1.165, 1.54) is 12.4 Å². The normalized spacial score (nSPS) is 10.6. The van der Waals surface area contributed by atoms with Gasteiger partial charge in [-0.25, -0.2) is 5.43 Å². The number of H-pyrrole nitrogens is 1. The molecule has 0 fully saturated rings. The van der Waals surface area contributed by atoms with Crippen molar-refractivity contribution in [2.75, 3.05) is 0 Å². The van der Waals surface area contributed by atoms with E-state index in [1.54, 1.807) is 18.5 Å². The van der Waals surface area contributed by atoms with Gasteiger partial charge in [0.2, 0.25) is 0 Å². The van der Waals surface area contributed by atoms with Crippen molar-refractivity contribution in [2.24, 2.45) is 5.10 Å². The van der Waals surface area contributed by atoms with Crippen LogP contribution in [0.4, 0.5) is 0 Å². The molecule has 0 bridgehead atoms. The molecule has 2 rings (SSSR count). The molecule has 0 aliphatic carbocycles. The Hall–Kier alpha value is -1.95. The van der Waals surface area contributed by atoms with Crippen LogP contribution in [0.3, 0.4) is 0 Å². The number of hydrazone groups is 1. The Morgan fingerprint density at radius 2 is 2.41 bits per heavy atom. The number of carbonyl (C=O) groups excluding carboxylic acids is 1. The minimum atomic E-state index is -0.304. The molecule has 1 amide bonds. The molecule has 2 aromatic rings. The topological polar surface area (TPSA) is 70.1 Å². The first kappa shape index (κ1) is 11.5. The summed E-state index contributed by atoms with van der Waals surface area (Å²) in [4.78, 5) is 18.5. The van der Waals surface area contributed by atoms with Gasteiger partial charge >= 0.3 is 0 Å². The molecule has 17 heavy (non-hydrogen) atoms. The average molecular weight is 293 g/mol. The van der Waals surface area contributed by atoms with Gasteiger partial charge in [-0.15, -0.1) is 0 Å². The quantitative estimate of drug-likeness (QED) is 0.670. The number of aromatic nitrogens is 2. The predicted octanol–water partition coefficient (Wildman–Crippen LogP) is 1.94. The number of aromatic amines is 1. The monoisotopic (exact) mass is 292 g/mol. The van der Waals surface area contributed by atoms with Crippen molar-refractivity contribution in [3.8, 4) is 0 Å². The fraction of sp³-hybridized carbons (Fsp3) is 0. The maximum absolute atomic E-state index is 11.6. The lowest BCUT2D eigenvalue weighted by Gasteiger charge is -1.98. The highest BCUT2D eigenvalue weighted by Crippen LogP contribution is 2.09. The van der Waals surface area contributed by atoms with Gasteiger partial charge in [0.05, 0.1) is 17.5 Å². The van der Waals surface area contributed by atoms with Crippen molar-refractivity contribution in [2.45, 2.75) is 0 Å². The van der Waals surface area contributed by atoms with Crippen LogP contribution in [0.2, 0.25) is 0 Å². The molecule has 2 N–H and O–H groups in total. The zero-order valence-electron chi connectivity index (χ0n) is 8.72. The highest BCUT2D eigenvalue weighted by molar-refractivity contribution is 9.10. The van der Waals surface area contributed by atoms with E-state index in [9.17, 15) is 4.79 Å². The van der Waals surface area contributed by atoms with Crippen LogP contribution >= 0.6 is 15.9 Å². The van der Waals surface area contributed by atoms with Gasteiger partial charge < -0.3 is 4.98 Å². The number of halogens is 1. The third kappa shape index (κ3) is 3.25. The first-order valence-corrected chi connectivity index (χ1v) is 5.62. The molecule has 0 saturated carbocycles. The van der Waals surface area contributed by atoms with Gasteiger partial charge in [-0.2, -0.15) is 5.10 Å². The number of nitrogens with one attached hydrogen (secondary N) is 2. The molecule has 5 nitrogen and oxygen atoms in total. The standard InChI is InChI=1S/C11H9BrN4O/c12-9-4-8(5-13-6-9)11(17)16-15-7-10-2-1-3-14-10/h1-7,14H,(H,16,17)/b15-7-. The first-order valence-electron chi connectivity index (χ1n) is 4.83. The lowest BCUT2D eigenvalue weighted by atomic mass is 10.3. The van der Waals surface area contributed by atoms with Crippen LogP contribution in [0.15, 0.2) is 46.4 Å².